The van der Waals surface area contributed by atoms with Crippen molar-refractivity contribution in [3.8, 4) is 0 Å². The molecule has 1 aliphatic rings. The van der Waals surface area contributed by atoms with E-state index in [2.05, 4.69) is 0 Å². The van der Waals surface area contributed by atoms with Gasteiger partial charge in [-0.3, -0.25) is 9.59 Å². The number of hydrogen-bond acceptors (Lipinski definition) is 7. The molecule has 0 aliphatic carbocycles. The van der Waals surface area contributed by atoms with Gasteiger partial charge in [0, 0.05) is 13.3 Å². The Kier molecular flexibility index (Phi) is 7.25. The molecule has 6 unspecified atom stereocenters. The van der Waals surface area contributed by atoms with Crippen LogP contribution in [0.5, 0.6) is 0 Å². The summed E-state index contributed by atoms with van der Waals surface area (Å²) in [6.07, 6.45) is -8.62. The summed E-state index contributed by atoms with van der Waals surface area (Å²) in [6, 6.07) is -3.56. The van der Waals surface area contributed by atoms with Crippen LogP contribution in [0.25, 0.3) is 0 Å². The number of alkyl halides is 2. The number of carboxylic acid groups (broad SMARTS) is 1. The first kappa shape index (κ1) is 20.9. The molecule has 24 heavy (non-hydrogen) atoms. The topological polar surface area (TPSA) is 148 Å². The highest BCUT2D eigenvalue weighted by molar-refractivity contribution is 6.14. The van der Waals surface area contributed by atoms with E-state index in [9.17, 15) is 28.6 Å². The maximum atomic E-state index is 14.5. The third-order valence-corrected chi connectivity index (χ3v) is 3.88. The van der Waals surface area contributed by atoms with Crippen LogP contribution >= 0.6 is 11.8 Å². The Morgan fingerprint density at radius 3 is 2.33 bits per heavy atom. The lowest BCUT2D eigenvalue weighted by Crippen LogP contribution is -2.68. The van der Waals surface area contributed by atoms with E-state index in [1.165, 1.54) is 0 Å². The Morgan fingerprint density at radius 1 is 1.33 bits per heavy atom. The van der Waals surface area contributed by atoms with Gasteiger partial charge in [0.25, 0.3) is 5.92 Å². The first-order valence-corrected chi connectivity index (χ1v) is 7.29. The highest BCUT2D eigenvalue weighted by Crippen LogP contribution is 2.35. The van der Waals surface area contributed by atoms with Crippen LogP contribution in [-0.4, -0.2) is 81.3 Å². The first-order chi connectivity index (χ1) is 11.0. The summed E-state index contributed by atoms with van der Waals surface area (Å²) in [4.78, 5) is 23.7. The third kappa shape index (κ3) is 4.71. The van der Waals surface area contributed by atoms with Gasteiger partial charge in [-0.05, 0) is 11.8 Å². The fraction of sp³-hybridized carbons (Fsp3) is 0.833. The minimum absolute atomic E-state index is 0.775. The molecule has 1 heterocycles. The normalized spacial score (nSPS) is 32.2. The molecule has 1 amide bonds. The van der Waals surface area contributed by atoms with Gasteiger partial charge in [0.05, 0.1) is 12.6 Å². The van der Waals surface area contributed by atoms with E-state index in [1.54, 1.807) is 4.84 Å². The van der Waals surface area contributed by atoms with Gasteiger partial charge in [-0.2, -0.15) is 0 Å². The number of carbonyl (C=O) groups excluding carboxylic acids is 1. The van der Waals surface area contributed by atoms with E-state index < -0.39 is 67.3 Å². The predicted molar refractivity (Wildman–Crippen MR) is 75.3 cm³/mol. The van der Waals surface area contributed by atoms with Crippen molar-refractivity contribution in [1.82, 2.24) is 10.2 Å². The number of aliphatic carboxylic acids is 1. The van der Waals surface area contributed by atoms with E-state index in [0.717, 1.165) is 6.92 Å². The van der Waals surface area contributed by atoms with Crippen molar-refractivity contribution in [3.63, 3.8) is 0 Å². The molecule has 6 atom stereocenters. The molecule has 140 valence electrons. The van der Waals surface area contributed by atoms with E-state index in [0.29, 0.717) is 0 Å². The van der Waals surface area contributed by atoms with Crippen LogP contribution in [-0.2, 0) is 14.3 Å². The van der Waals surface area contributed by atoms with Crippen molar-refractivity contribution in [3.05, 3.63) is 0 Å². The van der Waals surface area contributed by atoms with Gasteiger partial charge in [0.15, 0.2) is 0 Å². The number of ether oxygens (including phenoxy) is 1. The average Bonchev–Trinajstić information content (AvgIpc) is 2.49. The van der Waals surface area contributed by atoms with Crippen molar-refractivity contribution in [1.29, 1.82) is 0 Å². The number of aliphatic hydroxyl groups excluding tert-OH is 3. The van der Waals surface area contributed by atoms with Gasteiger partial charge >= 0.3 is 5.97 Å². The molecule has 6 N–H and O–H groups in total. The summed E-state index contributed by atoms with van der Waals surface area (Å²) in [5, 5.41) is 39.7. The van der Waals surface area contributed by atoms with Gasteiger partial charge in [-0.25, -0.2) is 13.6 Å². The molecule has 0 spiro atoms. The number of carbonyl (C=O) groups is 2. The number of nitrogens with one attached hydrogen (secondary N) is 2. The number of carboxylic acids is 1. The van der Waals surface area contributed by atoms with Crippen LogP contribution in [0.3, 0.4) is 0 Å². The second-order valence-corrected chi connectivity index (χ2v) is 5.67. The lowest BCUT2D eigenvalue weighted by atomic mass is 9.87. The van der Waals surface area contributed by atoms with Gasteiger partial charge in [0.2, 0.25) is 5.91 Å². The minimum Gasteiger partial charge on any atom is -0.480 e. The van der Waals surface area contributed by atoms with Gasteiger partial charge in [-0.1, -0.05) is 0 Å². The van der Waals surface area contributed by atoms with Crippen LogP contribution in [0, 0.1) is 0 Å². The summed E-state index contributed by atoms with van der Waals surface area (Å²) in [7, 11) is 0. The molecular weight excluding hydrogens is 358 g/mol. The summed E-state index contributed by atoms with van der Waals surface area (Å²) in [6.45, 7) is 0.139. The zero-order chi connectivity index (χ0) is 18.7. The standard InChI is InChI=1S/C12H19ClF2N2O7/c1-4(19)16-7-9(21)8(20)6(3-18)24-10(7)12(14,15)2-5(17-13)11(22)23/h5-10,17-18,20-21H,2-3H2,1H3,(H,16,19)(H,22,23). The van der Waals surface area contributed by atoms with E-state index >= 15 is 0 Å². The fourth-order valence-corrected chi connectivity index (χ4v) is 2.61. The molecule has 1 rings (SSSR count). The highest BCUT2D eigenvalue weighted by atomic mass is 35.5. The molecule has 1 saturated heterocycles. The quantitative estimate of drug-likeness (QED) is 0.285. The Bertz CT molecular complexity index is 471. The molecule has 0 bridgehead atoms. The second-order valence-electron chi connectivity index (χ2n) is 5.45. The largest absolute Gasteiger partial charge is 0.480 e. The maximum absolute atomic E-state index is 14.5. The summed E-state index contributed by atoms with van der Waals surface area (Å²) in [5.74, 6) is -6.29. The number of hydrogen-bond donors (Lipinski definition) is 6. The van der Waals surface area contributed by atoms with Crippen LogP contribution < -0.4 is 10.2 Å². The smallest absolute Gasteiger partial charge is 0.322 e. The van der Waals surface area contributed by atoms with E-state index in [1.807, 2.05) is 5.32 Å². The minimum atomic E-state index is -3.87. The van der Waals surface area contributed by atoms with Crippen LogP contribution in [0.1, 0.15) is 13.3 Å². The lowest BCUT2D eigenvalue weighted by Gasteiger charge is -2.45. The molecule has 0 radical (unpaired) electrons. The van der Waals surface area contributed by atoms with Gasteiger partial charge in [0.1, 0.15) is 30.5 Å². The molecule has 0 aromatic rings. The van der Waals surface area contributed by atoms with E-state index in [4.69, 9.17) is 26.7 Å². The maximum Gasteiger partial charge on any atom is 0.322 e. The number of rotatable bonds is 7. The molecule has 1 fully saturated rings. The molecule has 0 aromatic carbocycles. The summed E-state index contributed by atoms with van der Waals surface area (Å²) in [5.41, 5.74) is 0. The number of aliphatic hydroxyl groups is 3. The monoisotopic (exact) mass is 376 g/mol. The second kappa shape index (κ2) is 8.32. The van der Waals surface area contributed by atoms with Crippen molar-refractivity contribution >= 4 is 23.7 Å². The first-order valence-electron chi connectivity index (χ1n) is 6.91. The Balaban J connectivity index is 3.11. The SMILES string of the molecule is CC(=O)NC1C(O)C(O)C(CO)OC1C(F)(F)CC(NCl)C(=O)O. The zero-order valence-electron chi connectivity index (χ0n) is 12.5. The molecular formula is C12H19ClF2N2O7. The van der Waals surface area contributed by atoms with Crippen molar-refractivity contribution in [2.75, 3.05) is 6.61 Å². The average molecular weight is 377 g/mol. The van der Waals surface area contributed by atoms with Crippen LogP contribution in [0.15, 0.2) is 0 Å². The van der Waals surface area contributed by atoms with Crippen molar-refractivity contribution in [2.45, 2.75) is 55.8 Å². The zero-order valence-corrected chi connectivity index (χ0v) is 13.3. The van der Waals surface area contributed by atoms with Gasteiger partial charge < -0.3 is 30.5 Å². The molecule has 12 heteroatoms. The summed E-state index contributed by atoms with van der Waals surface area (Å²) < 4.78 is 33.9. The van der Waals surface area contributed by atoms with Gasteiger partial charge in [-0.15, -0.1) is 0 Å². The highest BCUT2D eigenvalue weighted by Gasteiger charge is 2.56. The Morgan fingerprint density at radius 2 is 1.92 bits per heavy atom. The molecule has 0 saturated carbocycles. The summed E-state index contributed by atoms with van der Waals surface area (Å²) >= 11 is 5.13. The molecule has 1 aliphatic heterocycles. The predicted octanol–water partition coefficient (Wildman–Crippen LogP) is -1.81. The lowest BCUT2D eigenvalue weighted by molar-refractivity contribution is -0.253. The van der Waals surface area contributed by atoms with E-state index in [-0.39, 0.29) is 0 Å². The fourth-order valence-electron chi connectivity index (χ4n) is 2.43. The van der Waals surface area contributed by atoms with Crippen molar-refractivity contribution < 1.29 is 43.5 Å². The molecule has 9 nitrogen and oxygen atoms in total. The number of amides is 1. The van der Waals surface area contributed by atoms with Crippen LogP contribution in [0.2, 0.25) is 0 Å². The van der Waals surface area contributed by atoms with Crippen molar-refractivity contribution in [2.24, 2.45) is 0 Å². The number of halogens is 3. The van der Waals surface area contributed by atoms with Crippen LogP contribution in [0.4, 0.5) is 8.78 Å². The Labute approximate surface area is 140 Å². The third-order valence-electron chi connectivity index (χ3n) is 3.62. The Hall–Kier alpha value is -1.11. The molecule has 0 aromatic heterocycles.